The second-order valence-electron chi connectivity index (χ2n) is 5.89. The van der Waals surface area contributed by atoms with Crippen LogP contribution in [0, 0.1) is 0 Å². The van der Waals surface area contributed by atoms with Crippen LogP contribution in [0.4, 0.5) is 11.4 Å². The van der Waals surface area contributed by atoms with Gasteiger partial charge >= 0.3 is 0 Å². The van der Waals surface area contributed by atoms with Crippen LogP contribution in [0.15, 0.2) is 24.4 Å². The highest BCUT2D eigenvalue weighted by atomic mass is 35.5. The van der Waals surface area contributed by atoms with Gasteiger partial charge in [-0.3, -0.25) is 9.59 Å². The first-order chi connectivity index (χ1) is 12.0. The van der Waals surface area contributed by atoms with Gasteiger partial charge in [-0.2, -0.15) is 0 Å². The van der Waals surface area contributed by atoms with Gasteiger partial charge in [0.1, 0.15) is 0 Å². The van der Waals surface area contributed by atoms with E-state index in [9.17, 15) is 9.59 Å². The van der Waals surface area contributed by atoms with Crippen LogP contribution in [0.1, 0.15) is 36.3 Å². The number of carbonyl (C=O) groups excluding carboxylic acids is 2. The Hall–Kier alpha value is -2.16. The van der Waals surface area contributed by atoms with Crippen LogP contribution in [0.3, 0.4) is 0 Å². The summed E-state index contributed by atoms with van der Waals surface area (Å²) in [6, 6.07) is 5.08. The Morgan fingerprint density at radius 2 is 1.96 bits per heavy atom. The number of benzene rings is 1. The molecular weight excluding hydrogens is 379 g/mol. The van der Waals surface area contributed by atoms with Crippen molar-refractivity contribution >= 4 is 47.2 Å². The molecule has 1 aromatic carbocycles. The van der Waals surface area contributed by atoms with Crippen molar-refractivity contribution in [1.29, 1.82) is 0 Å². The van der Waals surface area contributed by atoms with Gasteiger partial charge < -0.3 is 16.0 Å². The molecule has 0 aliphatic carbocycles. The average molecular weight is 399 g/mol. The summed E-state index contributed by atoms with van der Waals surface area (Å²) in [4.78, 5) is 23.8. The number of rotatable bonds is 4. The Kier molecular flexibility index (Phi) is 6.96. The second kappa shape index (κ2) is 8.98. The SMILES string of the molecule is CC(=O)Nc1ccc(Cl)cc1NC(=O)c1cn(C2CCNCC2)nn1.Cl. The minimum atomic E-state index is -0.408. The lowest BCUT2D eigenvalue weighted by molar-refractivity contribution is -0.114. The van der Waals surface area contributed by atoms with E-state index in [1.807, 2.05) is 0 Å². The van der Waals surface area contributed by atoms with Crippen LogP contribution in [0.2, 0.25) is 5.02 Å². The first-order valence-corrected chi connectivity index (χ1v) is 8.42. The lowest BCUT2D eigenvalue weighted by Crippen LogP contribution is -2.29. The molecular formula is C16H20Cl2N6O2. The van der Waals surface area contributed by atoms with Crippen LogP contribution in [-0.4, -0.2) is 39.9 Å². The van der Waals surface area contributed by atoms with E-state index >= 15 is 0 Å². The zero-order valence-electron chi connectivity index (χ0n) is 14.2. The highest BCUT2D eigenvalue weighted by Gasteiger charge is 2.19. The summed E-state index contributed by atoms with van der Waals surface area (Å²) in [7, 11) is 0. The van der Waals surface area contributed by atoms with Gasteiger partial charge in [0.25, 0.3) is 5.91 Å². The molecule has 1 aromatic heterocycles. The van der Waals surface area contributed by atoms with E-state index in [-0.39, 0.29) is 30.0 Å². The fourth-order valence-electron chi connectivity index (χ4n) is 2.74. The van der Waals surface area contributed by atoms with Crippen LogP contribution < -0.4 is 16.0 Å². The van der Waals surface area contributed by atoms with Crippen molar-refractivity contribution in [1.82, 2.24) is 20.3 Å². The number of halogens is 2. The van der Waals surface area contributed by atoms with E-state index in [0.717, 1.165) is 25.9 Å². The Morgan fingerprint density at radius 3 is 2.65 bits per heavy atom. The predicted octanol–water partition coefficient (Wildman–Crippen LogP) is 2.49. The zero-order valence-corrected chi connectivity index (χ0v) is 15.7. The van der Waals surface area contributed by atoms with Crippen molar-refractivity contribution in [3.63, 3.8) is 0 Å². The lowest BCUT2D eigenvalue weighted by atomic mass is 10.1. The van der Waals surface area contributed by atoms with Crippen LogP contribution in [-0.2, 0) is 4.79 Å². The van der Waals surface area contributed by atoms with Crippen molar-refractivity contribution in [2.24, 2.45) is 0 Å². The van der Waals surface area contributed by atoms with E-state index in [2.05, 4.69) is 26.3 Å². The molecule has 0 bridgehead atoms. The minimum absolute atomic E-state index is 0. The van der Waals surface area contributed by atoms with E-state index in [0.29, 0.717) is 16.4 Å². The number of nitrogens with one attached hydrogen (secondary N) is 3. The largest absolute Gasteiger partial charge is 0.325 e. The van der Waals surface area contributed by atoms with Gasteiger partial charge in [-0.15, -0.1) is 17.5 Å². The van der Waals surface area contributed by atoms with Crippen LogP contribution in [0.25, 0.3) is 0 Å². The molecule has 140 valence electrons. The summed E-state index contributed by atoms with van der Waals surface area (Å²) in [5.41, 5.74) is 1.09. The first-order valence-electron chi connectivity index (χ1n) is 8.04. The molecule has 0 saturated carbocycles. The number of hydrogen-bond acceptors (Lipinski definition) is 5. The molecule has 1 aliphatic rings. The van der Waals surface area contributed by atoms with Gasteiger partial charge in [-0.25, -0.2) is 4.68 Å². The summed E-state index contributed by atoms with van der Waals surface area (Å²) in [5.74, 6) is -0.649. The normalized spacial score (nSPS) is 14.4. The molecule has 26 heavy (non-hydrogen) atoms. The van der Waals surface area contributed by atoms with Gasteiger partial charge in [0, 0.05) is 11.9 Å². The predicted molar refractivity (Wildman–Crippen MR) is 102 cm³/mol. The molecule has 2 amide bonds. The molecule has 2 aromatic rings. The number of aromatic nitrogens is 3. The van der Waals surface area contributed by atoms with E-state index in [1.165, 1.54) is 6.92 Å². The smallest absolute Gasteiger partial charge is 0.277 e. The Bertz CT molecular complexity index is 789. The van der Waals surface area contributed by atoms with Crippen molar-refractivity contribution in [2.75, 3.05) is 23.7 Å². The Balaban J connectivity index is 0.00000243. The monoisotopic (exact) mass is 398 g/mol. The molecule has 1 saturated heterocycles. The molecule has 8 nitrogen and oxygen atoms in total. The molecule has 3 rings (SSSR count). The number of amides is 2. The summed E-state index contributed by atoms with van der Waals surface area (Å²) in [6.07, 6.45) is 3.55. The van der Waals surface area contributed by atoms with E-state index < -0.39 is 5.91 Å². The van der Waals surface area contributed by atoms with Gasteiger partial charge in [-0.1, -0.05) is 16.8 Å². The fourth-order valence-corrected chi connectivity index (χ4v) is 2.91. The third-order valence-corrected chi connectivity index (χ3v) is 4.20. The fraction of sp³-hybridized carbons (Fsp3) is 0.375. The number of piperidine rings is 1. The maximum Gasteiger partial charge on any atom is 0.277 e. The topological polar surface area (TPSA) is 101 Å². The van der Waals surface area contributed by atoms with E-state index in [1.54, 1.807) is 29.1 Å². The Morgan fingerprint density at radius 1 is 1.23 bits per heavy atom. The Labute approximate surface area is 162 Å². The third kappa shape index (κ3) is 4.94. The molecule has 0 spiro atoms. The molecule has 10 heteroatoms. The first kappa shape index (κ1) is 20.2. The second-order valence-corrected chi connectivity index (χ2v) is 6.33. The molecule has 3 N–H and O–H groups in total. The van der Waals surface area contributed by atoms with Crippen LogP contribution in [0.5, 0.6) is 0 Å². The standard InChI is InChI=1S/C16H19ClN6O2.ClH/c1-10(24)19-13-3-2-11(17)8-14(13)20-16(25)15-9-23(22-21-15)12-4-6-18-7-5-12;/h2-3,8-9,12,18H,4-7H2,1H3,(H,19,24)(H,20,25);1H. The summed E-state index contributed by atoms with van der Waals surface area (Å²) >= 11 is 5.99. The zero-order chi connectivity index (χ0) is 17.8. The van der Waals surface area contributed by atoms with Gasteiger partial charge in [-0.05, 0) is 44.1 Å². The van der Waals surface area contributed by atoms with Crippen molar-refractivity contribution < 1.29 is 9.59 Å². The third-order valence-electron chi connectivity index (χ3n) is 3.97. The average Bonchev–Trinajstić information content (AvgIpc) is 3.08. The van der Waals surface area contributed by atoms with Crippen LogP contribution >= 0.6 is 24.0 Å². The van der Waals surface area contributed by atoms with Gasteiger partial charge in [0.2, 0.25) is 5.91 Å². The van der Waals surface area contributed by atoms with Crippen molar-refractivity contribution in [3.8, 4) is 0 Å². The summed E-state index contributed by atoms with van der Waals surface area (Å²) < 4.78 is 1.74. The molecule has 0 unspecified atom stereocenters. The molecule has 2 heterocycles. The highest BCUT2D eigenvalue weighted by Crippen LogP contribution is 2.26. The summed E-state index contributed by atoms with van der Waals surface area (Å²) in [6.45, 7) is 3.24. The molecule has 1 aliphatic heterocycles. The number of nitrogens with zero attached hydrogens (tertiary/aromatic N) is 3. The van der Waals surface area contributed by atoms with Crippen molar-refractivity contribution in [2.45, 2.75) is 25.8 Å². The highest BCUT2D eigenvalue weighted by molar-refractivity contribution is 6.31. The van der Waals surface area contributed by atoms with Gasteiger partial charge in [0.05, 0.1) is 23.6 Å². The lowest BCUT2D eigenvalue weighted by Gasteiger charge is -2.22. The molecule has 1 fully saturated rings. The maximum atomic E-state index is 12.5. The van der Waals surface area contributed by atoms with E-state index in [4.69, 9.17) is 11.6 Å². The molecule has 0 radical (unpaired) electrons. The number of carbonyl (C=O) groups is 2. The summed E-state index contributed by atoms with van der Waals surface area (Å²) in [5, 5.41) is 17.1. The number of hydrogen-bond donors (Lipinski definition) is 3. The van der Waals surface area contributed by atoms with Crippen molar-refractivity contribution in [3.05, 3.63) is 35.1 Å². The van der Waals surface area contributed by atoms with Gasteiger partial charge in [0.15, 0.2) is 5.69 Å². The molecule has 0 atom stereocenters. The maximum absolute atomic E-state index is 12.5. The quantitative estimate of drug-likeness (QED) is 0.734. The number of anilines is 2. The minimum Gasteiger partial charge on any atom is -0.325 e.